The van der Waals surface area contributed by atoms with E-state index in [0.29, 0.717) is 5.69 Å². The minimum atomic E-state index is -3.75. The molecule has 0 amide bonds. The molecule has 112 valence electrons. The molecule has 0 bridgehead atoms. The van der Waals surface area contributed by atoms with Gasteiger partial charge >= 0.3 is 0 Å². The molecule has 0 radical (unpaired) electrons. The van der Waals surface area contributed by atoms with Crippen molar-refractivity contribution in [2.75, 3.05) is 10.8 Å². The number of benzene rings is 2. The molecule has 0 saturated carbocycles. The molecule has 6 heteroatoms. The molecule has 0 unspecified atom stereocenters. The lowest BCUT2D eigenvalue weighted by Crippen LogP contribution is -2.31. The van der Waals surface area contributed by atoms with E-state index in [1.165, 1.54) is 10.4 Å². The monoisotopic (exact) mass is 371 g/mol. The second-order valence-electron chi connectivity index (χ2n) is 4.53. The SMILES string of the molecule is CCN(c1ccccc1C)S(=O)(=O)c1ccc(F)cc1Br. The smallest absolute Gasteiger partial charge is 0.265 e. The van der Waals surface area contributed by atoms with E-state index >= 15 is 0 Å². The van der Waals surface area contributed by atoms with Crippen molar-refractivity contribution < 1.29 is 12.8 Å². The fraction of sp³-hybridized carbons (Fsp3) is 0.200. The van der Waals surface area contributed by atoms with Crippen molar-refractivity contribution in [1.29, 1.82) is 0 Å². The third-order valence-electron chi connectivity index (χ3n) is 3.13. The van der Waals surface area contributed by atoms with Gasteiger partial charge in [0.15, 0.2) is 0 Å². The zero-order valence-electron chi connectivity index (χ0n) is 11.7. The van der Waals surface area contributed by atoms with E-state index in [9.17, 15) is 12.8 Å². The molecule has 0 atom stereocenters. The van der Waals surface area contributed by atoms with Crippen molar-refractivity contribution in [1.82, 2.24) is 0 Å². The van der Waals surface area contributed by atoms with Gasteiger partial charge in [0, 0.05) is 11.0 Å². The first kappa shape index (κ1) is 16.0. The molecule has 0 heterocycles. The van der Waals surface area contributed by atoms with Crippen LogP contribution in [0.1, 0.15) is 12.5 Å². The zero-order chi connectivity index (χ0) is 15.6. The Morgan fingerprint density at radius 1 is 1.19 bits per heavy atom. The summed E-state index contributed by atoms with van der Waals surface area (Å²) < 4.78 is 40.3. The summed E-state index contributed by atoms with van der Waals surface area (Å²) in [6.45, 7) is 3.91. The summed E-state index contributed by atoms with van der Waals surface area (Å²) in [5.41, 5.74) is 1.48. The summed E-state index contributed by atoms with van der Waals surface area (Å²) in [5.74, 6) is -0.486. The zero-order valence-corrected chi connectivity index (χ0v) is 14.1. The molecule has 0 fully saturated rings. The van der Waals surface area contributed by atoms with Crippen LogP contribution >= 0.6 is 15.9 Å². The van der Waals surface area contributed by atoms with Crippen LogP contribution in [0.5, 0.6) is 0 Å². The average molecular weight is 372 g/mol. The van der Waals surface area contributed by atoms with E-state index in [1.54, 1.807) is 19.1 Å². The highest BCUT2D eigenvalue weighted by Crippen LogP contribution is 2.30. The van der Waals surface area contributed by atoms with Gasteiger partial charge in [-0.25, -0.2) is 12.8 Å². The standard InChI is InChI=1S/C15H15BrFNO2S/c1-3-18(14-7-5-4-6-11(14)2)21(19,20)15-9-8-12(17)10-13(15)16/h4-10H,3H2,1-2H3. The van der Waals surface area contributed by atoms with Gasteiger partial charge in [-0.2, -0.15) is 0 Å². The maximum atomic E-state index is 13.2. The average Bonchev–Trinajstić information content (AvgIpc) is 2.41. The number of hydrogen-bond donors (Lipinski definition) is 0. The van der Waals surface area contributed by atoms with Gasteiger partial charge in [0.1, 0.15) is 10.7 Å². The number of anilines is 1. The van der Waals surface area contributed by atoms with Crippen LogP contribution in [0.15, 0.2) is 51.8 Å². The Kier molecular flexibility index (Phi) is 4.68. The van der Waals surface area contributed by atoms with Crippen LogP contribution in [-0.4, -0.2) is 15.0 Å². The lowest BCUT2D eigenvalue weighted by Gasteiger charge is -2.25. The minimum absolute atomic E-state index is 0.0500. The molecular formula is C15H15BrFNO2S. The summed E-state index contributed by atoms with van der Waals surface area (Å²) in [5, 5.41) is 0. The topological polar surface area (TPSA) is 37.4 Å². The fourth-order valence-electron chi connectivity index (χ4n) is 2.12. The summed E-state index contributed by atoms with van der Waals surface area (Å²) in [6, 6.07) is 10.8. The molecule has 0 aliphatic carbocycles. The van der Waals surface area contributed by atoms with Crippen LogP contribution in [0.2, 0.25) is 0 Å². The molecule has 2 rings (SSSR count). The van der Waals surface area contributed by atoms with Crippen molar-refractivity contribution in [3.63, 3.8) is 0 Å². The highest BCUT2D eigenvalue weighted by molar-refractivity contribution is 9.10. The van der Waals surface area contributed by atoms with Gasteiger partial charge in [-0.1, -0.05) is 18.2 Å². The molecule has 0 aliphatic rings. The van der Waals surface area contributed by atoms with Gasteiger partial charge in [-0.15, -0.1) is 0 Å². The molecule has 3 nitrogen and oxygen atoms in total. The molecule has 21 heavy (non-hydrogen) atoms. The summed E-state index contributed by atoms with van der Waals surface area (Å²) in [6.07, 6.45) is 0. The Balaban J connectivity index is 2.58. The van der Waals surface area contributed by atoms with Crippen LogP contribution in [0.3, 0.4) is 0 Å². The number of halogens is 2. The Labute approximate surface area is 132 Å². The maximum Gasteiger partial charge on any atom is 0.265 e. The second kappa shape index (κ2) is 6.15. The number of para-hydroxylation sites is 1. The van der Waals surface area contributed by atoms with Gasteiger partial charge in [-0.3, -0.25) is 4.31 Å². The third-order valence-corrected chi connectivity index (χ3v) is 6.00. The number of aryl methyl sites for hydroxylation is 1. The van der Waals surface area contributed by atoms with Gasteiger partial charge in [-0.05, 0) is 59.6 Å². The first-order chi connectivity index (χ1) is 9.87. The van der Waals surface area contributed by atoms with Crippen LogP contribution in [0, 0.1) is 12.7 Å². The fourth-order valence-corrected chi connectivity index (χ4v) is 4.67. The second-order valence-corrected chi connectivity index (χ2v) is 7.22. The Hall–Kier alpha value is -1.40. The maximum absolute atomic E-state index is 13.2. The minimum Gasteiger partial charge on any atom is -0.266 e. The van der Waals surface area contributed by atoms with E-state index in [4.69, 9.17) is 0 Å². The van der Waals surface area contributed by atoms with E-state index < -0.39 is 15.8 Å². The summed E-state index contributed by atoms with van der Waals surface area (Å²) in [7, 11) is -3.75. The van der Waals surface area contributed by atoms with Crippen LogP contribution in [0.4, 0.5) is 10.1 Å². The van der Waals surface area contributed by atoms with E-state index in [0.717, 1.165) is 17.7 Å². The van der Waals surface area contributed by atoms with Crippen LogP contribution in [-0.2, 0) is 10.0 Å². The highest BCUT2D eigenvalue weighted by atomic mass is 79.9. The van der Waals surface area contributed by atoms with E-state index in [1.807, 2.05) is 19.1 Å². The highest BCUT2D eigenvalue weighted by Gasteiger charge is 2.26. The lowest BCUT2D eigenvalue weighted by atomic mass is 10.2. The van der Waals surface area contributed by atoms with Crippen molar-refractivity contribution in [3.8, 4) is 0 Å². The van der Waals surface area contributed by atoms with Crippen LogP contribution in [0.25, 0.3) is 0 Å². The first-order valence-electron chi connectivity index (χ1n) is 6.41. The van der Waals surface area contributed by atoms with Gasteiger partial charge in [0.25, 0.3) is 10.0 Å². The van der Waals surface area contributed by atoms with Crippen molar-refractivity contribution in [2.45, 2.75) is 18.7 Å². The Morgan fingerprint density at radius 3 is 2.43 bits per heavy atom. The van der Waals surface area contributed by atoms with Gasteiger partial charge in [0.05, 0.1) is 5.69 Å². The quantitative estimate of drug-likeness (QED) is 0.810. The number of rotatable bonds is 4. The van der Waals surface area contributed by atoms with Crippen molar-refractivity contribution in [2.24, 2.45) is 0 Å². The normalized spacial score (nSPS) is 11.4. The molecule has 0 N–H and O–H groups in total. The van der Waals surface area contributed by atoms with Crippen molar-refractivity contribution >= 4 is 31.6 Å². The molecule has 0 saturated heterocycles. The number of hydrogen-bond acceptors (Lipinski definition) is 2. The van der Waals surface area contributed by atoms with E-state index in [-0.39, 0.29) is 15.9 Å². The molecule has 2 aromatic rings. The third kappa shape index (κ3) is 3.11. The Morgan fingerprint density at radius 2 is 1.86 bits per heavy atom. The van der Waals surface area contributed by atoms with Gasteiger partial charge < -0.3 is 0 Å². The lowest BCUT2D eigenvalue weighted by molar-refractivity contribution is 0.590. The molecule has 2 aromatic carbocycles. The Bertz CT molecular complexity index is 762. The summed E-state index contributed by atoms with van der Waals surface area (Å²) in [4.78, 5) is 0.0500. The summed E-state index contributed by atoms with van der Waals surface area (Å²) >= 11 is 3.13. The molecule has 0 aromatic heterocycles. The molecule has 0 spiro atoms. The number of sulfonamides is 1. The predicted octanol–water partition coefficient (Wildman–Crippen LogP) is 4.11. The molecular weight excluding hydrogens is 357 g/mol. The first-order valence-corrected chi connectivity index (χ1v) is 8.64. The molecule has 0 aliphatic heterocycles. The van der Waals surface area contributed by atoms with Gasteiger partial charge in [0.2, 0.25) is 0 Å². The van der Waals surface area contributed by atoms with E-state index in [2.05, 4.69) is 15.9 Å². The van der Waals surface area contributed by atoms with Crippen molar-refractivity contribution in [3.05, 3.63) is 58.3 Å². The predicted molar refractivity (Wildman–Crippen MR) is 85.5 cm³/mol. The number of nitrogens with zero attached hydrogens (tertiary/aromatic N) is 1. The van der Waals surface area contributed by atoms with Crippen LogP contribution < -0.4 is 4.31 Å². The largest absolute Gasteiger partial charge is 0.266 e.